The van der Waals surface area contributed by atoms with Gasteiger partial charge < -0.3 is 9.47 Å². The van der Waals surface area contributed by atoms with Gasteiger partial charge in [0.25, 0.3) is 5.69 Å². The number of benzene rings is 2. The maximum Gasteiger partial charge on any atom is 0.288 e. The zero-order chi connectivity index (χ0) is 24.2. The second-order valence-corrected chi connectivity index (χ2v) is 8.51. The first kappa shape index (κ1) is 22.2. The molecule has 9 nitrogen and oxygen atoms in total. The molecule has 10 heteroatoms. The van der Waals surface area contributed by atoms with Gasteiger partial charge in [-0.1, -0.05) is 54.4 Å². The fourth-order valence-electron chi connectivity index (χ4n) is 4.79. The van der Waals surface area contributed by atoms with E-state index in [4.69, 9.17) is 26.5 Å². The summed E-state index contributed by atoms with van der Waals surface area (Å²) in [5.41, 5.74) is -3.15. The van der Waals surface area contributed by atoms with Crippen molar-refractivity contribution in [2.24, 2.45) is 16.7 Å². The summed E-state index contributed by atoms with van der Waals surface area (Å²) < 4.78 is 12.2. The minimum absolute atomic E-state index is 0.0931. The lowest BCUT2D eigenvalue weighted by Gasteiger charge is -2.48. The first-order valence-electron chi connectivity index (χ1n) is 9.84. The third kappa shape index (κ3) is 2.63. The smallest absolute Gasteiger partial charge is 0.288 e. The molecule has 4 atom stereocenters. The molecule has 1 N–H and O–H groups in total. The zero-order valence-electron chi connectivity index (χ0n) is 17.5. The van der Waals surface area contributed by atoms with E-state index in [1.807, 2.05) is 25.1 Å². The minimum atomic E-state index is -2.23. The first-order chi connectivity index (χ1) is 15.6. The number of rotatable bonds is 3. The van der Waals surface area contributed by atoms with Crippen LogP contribution in [0, 0.1) is 73.2 Å². The van der Waals surface area contributed by atoms with Gasteiger partial charge in [0.1, 0.15) is 11.1 Å². The van der Waals surface area contributed by atoms with Crippen LogP contribution in [0.2, 0.25) is 5.02 Å². The van der Waals surface area contributed by atoms with Gasteiger partial charge in [-0.25, -0.2) is 0 Å². The molecule has 2 aromatic rings. The summed E-state index contributed by atoms with van der Waals surface area (Å²) in [7, 11) is 0. The number of halogens is 1. The van der Waals surface area contributed by atoms with Crippen molar-refractivity contribution >= 4 is 23.2 Å². The number of aryl methyl sites for hydroxylation is 1. The molecule has 0 spiro atoms. The quantitative estimate of drug-likeness (QED) is 0.513. The van der Waals surface area contributed by atoms with E-state index in [1.165, 1.54) is 12.1 Å². The van der Waals surface area contributed by atoms with Crippen LogP contribution in [0.1, 0.15) is 29.7 Å². The SMILES string of the molecule is Cc1ccc(C23OC(=N)C(C#N)(C2C)C(C#N)(C#N)C(c2ccc(Cl)c([N+](=O)[O-])c2)O3)cc1. The molecular formula is C23H16ClN5O4. The van der Waals surface area contributed by atoms with Crippen molar-refractivity contribution in [3.63, 3.8) is 0 Å². The number of hydrogen-bond acceptors (Lipinski definition) is 8. The van der Waals surface area contributed by atoms with Crippen LogP contribution in [0.3, 0.4) is 0 Å². The Balaban J connectivity index is 2.04. The van der Waals surface area contributed by atoms with Crippen LogP contribution in [-0.4, -0.2) is 10.8 Å². The number of hydrogen-bond donors (Lipinski definition) is 1. The van der Waals surface area contributed by atoms with Gasteiger partial charge in [0, 0.05) is 11.6 Å². The molecule has 2 aromatic carbocycles. The van der Waals surface area contributed by atoms with E-state index >= 15 is 0 Å². The number of nitrogens with zero attached hydrogens (tertiary/aromatic N) is 4. The van der Waals surface area contributed by atoms with E-state index in [0.717, 1.165) is 11.6 Å². The molecule has 4 rings (SSSR count). The Morgan fingerprint density at radius 1 is 1.12 bits per heavy atom. The molecule has 164 valence electrons. The lowest BCUT2D eigenvalue weighted by atomic mass is 9.53. The molecule has 2 aliphatic rings. The molecule has 0 radical (unpaired) electrons. The first-order valence-corrected chi connectivity index (χ1v) is 10.2. The van der Waals surface area contributed by atoms with Crippen molar-refractivity contribution in [3.8, 4) is 18.2 Å². The Morgan fingerprint density at radius 2 is 1.76 bits per heavy atom. The van der Waals surface area contributed by atoms with E-state index in [9.17, 15) is 25.9 Å². The van der Waals surface area contributed by atoms with Gasteiger partial charge >= 0.3 is 0 Å². The van der Waals surface area contributed by atoms with Gasteiger partial charge in [0.2, 0.25) is 17.1 Å². The highest BCUT2D eigenvalue weighted by Gasteiger charge is 2.79. The largest absolute Gasteiger partial charge is 0.443 e. The second-order valence-electron chi connectivity index (χ2n) is 8.10. The minimum Gasteiger partial charge on any atom is -0.443 e. The van der Waals surface area contributed by atoms with Crippen LogP contribution in [0.4, 0.5) is 5.69 Å². The van der Waals surface area contributed by atoms with Crippen LogP contribution >= 0.6 is 11.6 Å². The second kappa shape index (κ2) is 7.28. The van der Waals surface area contributed by atoms with Crippen molar-refractivity contribution in [1.82, 2.24) is 0 Å². The van der Waals surface area contributed by atoms with Crippen LogP contribution in [-0.2, 0) is 15.3 Å². The predicted molar refractivity (Wildman–Crippen MR) is 114 cm³/mol. The van der Waals surface area contributed by atoms with Gasteiger partial charge in [-0.3, -0.25) is 15.5 Å². The number of nitriles is 3. The molecule has 2 aliphatic heterocycles. The fraction of sp³-hybridized carbons (Fsp3) is 0.304. The number of nitro groups is 1. The number of nitrogens with one attached hydrogen (secondary N) is 1. The van der Waals surface area contributed by atoms with Crippen LogP contribution < -0.4 is 0 Å². The van der Waals surface area contributed by atoms with Crippen molar-refractivity contribution in [3.05, 3.63) is 74.3 Å². The highest BCUT2D eigenvalue weighted by molar-refractivity contribution is 6.32. The molecule has 33 heavy (non-hydrogen) atoms. The van der Waals surface area contributed by atoms with Crippen LogP contribution in [0.25, 0.3) is 0 Å². The Kier molecular flexibility index (Phi) is 4.91. The van der Waals surface area contributed by atoms with Gasteiger partial charge in [-0.05, 0) is 18.6 Å². The summed E-state index contributed by atoms with van der Waals surface area (Å²) in [5.74, 6) is -3.16. The summed E-state index contributed by atoms with van der Waals surface area (Å²) in [5, 5.41) is 50.7. The summed E-state index contributed by atoms with van der Waals surface area (Å²) in [6.45, 7) is 3.48. The number of nitro benzene ring substituents is 1. The van der Waals surface area contributed by atoms with Crippen LogP contribution in [0.5, 0.6) is 0 Å². The maximum atomic E-state index is 11.5. The van der Waals surface area contributed by atoms with E-state index in [0.29, 0.717) is 5.56 Å². The van der Waals surface area contributed by atoms with Crippen molar-refractivity contribution in [2.45, 2.75) is 25.7 Å². The molecule has 0 amide bonds. The molecule has 0 saturated carbocycles. The molecule has 0 aromatic heterocycles. The van der Waals surface area contributed by atoms with E-state index in [2.05, 4.69) is 0 Å². The highest BCUT2D eigenvalue weighted by Crippen LogP contribution is 2.69. The molecule has 0 aliphatic carbocycles. The third-order valence-corrected chi connectivity index (χ3v) is 6.91. The van der Waals surface area contributed by atoms with E-state index in [-0.39, 0.29) is 10.6 Å². The van der Waals surface area contributed by atoms with Gasteiger partial charge in [0.05, 0.1) is 29.0 Å². The standard InChI is InChI=1S/C23H16ClN5O4/c1-13-3-6-16(7-4-13)23-14(2)22(12-27,20(28)33-23)21(10-25,11-26)19(32-23)15-5-8-17(24)18(9-15)29(30)31/h3-9,14,19,28H,1-2H3. The third-order valence-electron chi connectivity index (χ3n) is 6.59. The average Bonchev–Trinajstić information content (AvgIpc) is 2.96. The summed E-state index contributed by atoms with van der Waals surface area (Å²) >= 11 is 5.95. The molecule has 2 saturated heterocycles. The topological polar surface area (TPSA) is 157 Å². The highest BCUT2D eigenvalue weighted by atomic mass is 35.5. The van der Waals surface area contributed by atoms with Gasteiger partial charge in [0.15, 0.2) is 5.41 Å². The molecular weight excluding hydrogens is 446 g/mol. The normalized spacial score (nSPS) is 29.3. The fourth-order valence-corrected chi connectivity index (χ4v) is 4.97. The lowest BCUT2D eigenvalue weighted by Crippen LogP contribution is -2.57. The van der Waals surface area contributed by atoms with Crippen LogP contribution in [0.15, 0.2) is 42.5 Å². The Morgan fingerprint density at radius 3 is 2.30 bits per heavy atom. The molecule has 2 bridgehead atoms. The van der Waals surface area contributed by atoms with Gasteiger partial charge in [-0.15, -0.1) is 0 Å². The van der Waals surface area contributed by atoms with Crippen molar-refractivity contribution < 1.29 is 14.4 Å². The van der Waals surface area contributed by atoms with Gasteiger partial charge in [-0.2, -0.15) is 15.8 Å². The monoisotopic (exact) mass is 461 g/mol. The van der Waals surface area contributed by atoms with E-state index in [1.54, 1.807) is 31.2 Å². The average molecular weight is 462 g/mol. The molecule has 2 fully saturated rings. The number of fused-ring (bicyclic) bond motifs is 2. The number of ether oxygens (including phenoxy) is 2. The maximum absolute atomic E-state index is 11.5. The van der Waals surface area contributed by atoms with E-state index < -0.39 is 45.1 Å². The molecule has 4 unspecified atom stereocenters. The Hall–Kier alpha value is -3.97. The predicted octanol–water partition coefficient (Wildman–Crippen LogP) is 4.67. The Labute approximate surface area is 194 Å². The summed E-state index contributed by atoms with van der Waals surface area (Å²) in [4.78, 5) is 10.8. The Bertz CT molecular complexity index is 1310. The summed E-state index contributed by atoms with van der Waals surface area (Å²) in [6.07, 6.45) is -1.46. The zero-order valence-corrected chi connectivity index (χ0v) is 18.3. The molecule has 2 heterocycles. The summed E-state index contributed by atoms with van der Waals surface area (Å²) in [6, 6.07) is 16.7. The van der Waals surface area contributed by atoms with Crippen molar-refractivity contribution in [2.75, 3.05) is 0 Å². The van der Waals surface area contributed by atoms with Crippen molar-refractivity contribution in [1.29, 1.82) is 21.2 Å². The lowest BCUT2D eigenvalue weighted by molar-refractivity contribution is -0.384.